The molecular weight excluding hydrogens is 204 g/mol. The van der Waals surface area contributed by atoms with Crippen LogP contribution in [0.4, 0.5) is 10.5 Å². The first-order valence-electron chi connectivity index (χ1n) is 5.15. The third-order valence-electron chi connectivity index (χ3n) is 2.38. The Kier molecular flexibility index (Phi) is 3.42. The highest BCUT2D eigenvalue weighted by atomic mass is 16.4. The van der Waals surface area contributed by atoms with Crippen LogP contribution in [0.5, 0.6) is 0 Å². The molecule has 1 rings (SSSR count). The predicted octanol–water partition coefficient (Wildman–Crippen LogP) is 2.62. The summed E-state index contributed by atoms with van der Waals surface area (Å²) in [6, 6.07) is 7.01. The lowest BCUT2D eigenvalue weighted by atomic mass is 9.82. The molecule has 0 saturated carbocycles. The average Bonchev–Trinajstić information content (AvgIpc) is 2.12. The van der Waals surface area contributed by atoms with Crippen molar-refractivity contribution in [2.24, 2.45) is 5.41 Å². The SMILES string of the molecule is CC(C)(C)C(NC(=O)O)c1cccc(N)c1. The second-order valence-electron chi connectivity index (χ2n) is 4.92. The number of anilines is 1. The van der Waals surface area contributed by atoms with E-state index in [0.717, 1.165) is 5.56 Å². The van der Waals surface area contributed by atoms with Crippen LogP contribution < -0.4 is 11.1 Å². The summed E-state index contributed by atoms with van der Waals surface area (Å²) in [5.41, 5.74) is 7.02. The number of benzene rings is 1. The summed E-state index contributed by atoms with van der Waals surface area (Å²) in [5.74, 6) is 0. The highest BCUT2D eigenvalue weighted by molar-refractivity contribution is 5.65. The Balaban J connectivity index is 3.06. The van der Waals surface area contributed by atoms with E-state index in [1.54, 1.807) is 12.1 Å². The topological polar surface area (TPSA) is 75.3 Å². The minimum absolute atomic E-state index is 0.202. The molecule has 0 radical (unpaired) electrons. The third kappa shape index (κ3) is 3.15. The van der Waals surface area contributed by atoms with E-state index in [4.69, 9.17) is 10.8 Å². The van der Waals surface area contributed by atoms with Gasteiger partial charge in [-0.1, -0.05) is 32.9 Å². The van der Waals surface area contributed by atoms with Crippen LogP contribution in [-0.2, 0) is 0 Å². The summed E-state index contributed by atoms with van der Waals surface area (Å²) in [5, 5.41) is 11.4. The molecule has 0 saturated heterocycles. The number of carboxylic acid groups (broad SMARTS) is 1. The zero-order valence-corrected chi connectivity index (χ0v) is 9.82. The summed E-state index contributed by atoms with van der Waals surface area (Å²) < 4.78 is 0. The van der Waals surface area contributed by atoms with Crippen LogP contribution in [0.15, 0.2) is 24.3 Å². The summed E-state index contributed by atoms with van der Waals surface area (Å²) in [6.45, 7) is 5.95. The number of nitrogens with one attached hydrogen (secondary N) is 1. The van der Waals surface area contributed by atoms with Crippen molar-refractivity contribution in [2.75, 3.05) is 5.73 Å². The van der Waals surface area contributed by atoms with E-state index in [0.29, 0.717) is 5.69 Å². The van der Waals surface area contributed by atoms with Crippen LogP contribution in [0.3, 0.4) is 0 Å². The first-order valence-corrected chi connectivity index (χ1v) is 5.15. The molecule has 1 aromatic rings. The molecule has 1 aromatic carbocycles. The van der Waals surface area contributed by atoms with Crippen LogP contribution in [0.25, 0.3) is 0 Å². The lowest BCUT2D eigenvalue weighted by molar-refractivity contribution is 0.175. The van der Waals surface area contributed by atoms with E-state index in [9.17, 15) is 4.79 Å². The quantitative estimate of drug-likeness (QED) is 0.673. The van der Waals surface area contributed by atoms with Crippen molar-refractivity contribution < 1.29 is 9.90 Å². The molecule has 0 aliphatic carbocycles. The standard InChI is InChI=1S/C12H18N2O2/c1-12(2,3)10(14-11(15)16)8-5-4-6-9(13)7-8/h4-7,10,14H,13H2,1-3H3,(H,15,16). The molecule has 0 aliphatic heterocycles. The first-order chi connectivity index (χ1) is 7.30. The Morgan fingerprint density at radius 1 is 1.44 bits per heavy atom. The summed E-state index contributed by atoms with van der Waals surface area (Å²) in [6.07, 6.45) is -1.03. The van der Waals surface area contributed by atoms with Crippen molar-refractivity contribution in [1.29, 1.82) is 0 Å². The fourth-order valence-corrected chi connectivity index (χ4v) is 1.66. The first kappa shape index (κ1) is 12.4. The van der Waals surface area contributed by atoms with E-state index in [1.165, 1.54) is 0 Å². The maximum atomic E-state index is 10.8. The van der Waals surface area contributed by atoms with Gasteiger partial charge in [0.05, 0.1) is 6.04 Å². The van der Waals surface area contributed by atoms with Crippen LogP contribution in [0.2, 0.25) is 0 Å². The van der Waals surface area contributed by atoms with Crippen molar-refractivity contribution >= 4 is 11.8 Å². The minimum atomic E-state index is -1.03. The molecule has 0 spiro atoms. The van der Waals surface area contributed by atoms with Gasteiger partial charge < -0.3 is 16.2 Å². The second-order valence-corrected chi connectivity index (χ2v) is 4.92. The number of amides is 1. The van der Waals surface area contributed by atoms with Gasteiger partial charge in [-0.15, -0.1) is 0 Å². The number of nitrogens with two attached hydrogens (primary N) is 1. The van der Waals surface area contributed by atoms with Crippen molar-refractivity contribution in [3.63, 3.8) is 0 Å². The fraction of sp³-hybridized carbons (Fsp3) is 0.417. The van der Waals surface area contributed by atoms with Crippen LogP contribution in [0.1, 0.15) is 32.4 Å². The minimum Gasteiger partial charge on any atom is -0.465 e. The third-order valence-corrected chi connectivity index (χ3v) is 2.38. The normalized spacial score (nSPS) is 13.2. The van der Waals surface area contributed by atoms with Crippen molar-refractivity contribution in [3.05, 3.63) is 29.8 Å². The molecule has 4 nitrogen and oxygen atoms in total. The molecule has 88 valence electrons. The van der Waals surface area contributed by atoms with E-state index in [-0.39, 0.29) is 11.5 Å². The summed E-state index contributed by atoms with van der Waals surface area (Å²) in [7, 11) is 0. The van der Waals surface area contributed by atoms with Crippen LogP contribution in [0, 0.1) is 5.41 Å². The van der Waals surface area contributed by atoms with E-state index >= 15 is 0 Å². The molecule has 0 aliphatic rings. The van der Waals surface area contributed by atoms with Gasteiger partial charge in [0.15, 0.2) is 0 Å². The van der Waals surface area contributed by atoms with E-state index in [1.807, 2.05) is 32.9 Å². The fourth-order valence-electron chi connectivity index (χ4n) is 1.66. The molecule has 4 heteroatoms. The number of hydrogen-bond acceptors (Lipinski definition) is 2. The van der Waals surface area contributed by atoms with Crippen molar-refractivity contribution in [1.82, 2.24) is 5.32 Å². The van der Waals surface area contributed by atoms with Gasteiger partial charge >= 0.3 is 6.09 Å². The van der Waals surface area contributed by atoms with Crippen LogP contribution >= 0.6 is 0 Å². The zero-order valence-electron chi connectivity index (χ0n) is 9.82. The summed E-state index contributed by atoms with van der Waals surface area (Å²) >= 11 is 0. The number of hydrogen-bond donors (Lipinski definition) is 3. The Bertz CT molecular complexity index is 383. The lowest BCUT2D eigenvalue weighted by Gasteiger charge is -2.31. The maximum Gasteiger partial charge on any atom is 0.405 e. The van der Waals surface area contributed by atoms with Crippen LogP contribution in [-0.4, -0.2) is 11.2 Å². The van der Waals surface area contributed by atoms with Gasteiger partial charge in [0.2, 0.25) is 0 Å². The molecule has 1 unspecified atom stereocenters. The summed E-state index contributed by atoms with van der Waals surface area (Å²) in [4.78, 5) is 10.8. The molecule has 0 heterocycles. The molecule has 1 amide bonds. The van der Waals surface area contributed by atoms with Gasteiger partial charge in [0, 0.05) is 5.69 Å². The molecule has 0 aromatic heterocycles. The Morgan fingerprint density at radius 3 is 2.50 bits per heavy atom. The van der Waals surface area contributed by atoms with Gasteiger partial charge in [-0.25, -0.2) is 4.79 Å². The number of nitrogen functional groups attached to an aromatic ring is 1. The van der Waals surface area contributed by atoms with Gasteiger partial charge in [0.1, 0.15) is 0 Å². The molecule has 0 bridgehead atoms. The van der Waals surface area contributed by atoms with Gasteiger partial charge in [-0.2, -0.15) is 0 Å². The smallest absolute Gasteiger partial charge is 0.405 e. The molecular formula is C12H18N2O2. The van der Waals surface area contributed by atoms with Gasteiger partial charge in [0.25, 0.3) is 0 Å². The molecule has 4 N–H and O–H groups in total. The number of carbonyl (C=O) groups is 1. The van der Waals surface area contributed by atoms with Crippen molar-refractivity contribution in [3.8, 4) is 0 Å². The Hall–Kier alpha value is -1.71. The molecule has 1 atom stereocenters. The molecule has 0 fully saturated rings. The zero-order chi connectivity index (χ0) is 12.3. The average molecular weight is 222 g/mol. The van der Waals surface area contributed by atoms with E-state index in [2.05, 4.69) is 5.32 Å². The Labute approximate surface area is 95.5 Å². The second kappa shape index (κ2) is 4.43. The largest absolute Gasteiger partial charge is 0.465 e. The maximum absolute atomic E-state index is 10.8. The van der Waals surface area contributed by atoms with Gasteiger partial charge in [-0.05, 0) is 23.1 Å². The monoisotopic (exact) mass is 222 g/mol. The molecule has 16 heavy (non-hydrogen) atoms. The predicted molar refractivity (Wildman–Crippen MR) is 64.2 cm³/mol. The van der Waals surface area contributed by atoms with Crippen molar-refractivity contribution in [2.45, 2.75) is 26.8 Å². The number of rotatable bonds is 2. The highest BCUT2D eigenvalue weighted by Gasteiger charge is 2.27. The van der Waals surface area contributed by atoms with Gasteiger partial charge in [-0.3, -0.25) is 0 Å². The lowest BCUT2D eigenvalue weighted by Crippen LogP contribution is -2.35. The van der Waals surface area contributed by atoms with E-state index < -0.39 is 6.09 Å². The highest BCUT2D eigenvalue weighted by Crippen LogP contribution is 2.33. The Morgan fingerprint density at radius 2 is 2.06 bits per heavy atom.